The molecule has 1 nitrogen and oxygen atoms in total. The zero-order valence-electron chi connectivity index (χ0n) is 13.6. The lowest BCUT2D eigenvalue weighted by molar-refractivity contribution is 0.560. The van der Waals surface area contributed by atoms with Crippen molar-refractivity contribution in [3.63, 3.8) is 0 Å². The third-order valence-corrected chi connectivity index (χ3v) is 4.71. The summed E-state index contributed by atoms with van der Waals surface area (Å²) in [5.74, 6) is 1.01. The summed E-state index contributed by atoms with van der Waals surface area (Å²) < 4.78 is 0. The number of fused-ring (bicyclic) bond motifs is 2. The van der Waals surface area contributed by atoms with Crippen LogP contribution in [0.1, 0.15) is 30.9 Å². The summed E-state index contributed by atoms with van der Waals surface area (Å²) in [6, 6.07) is 28.3. The number of rotatable bonds is 2. The first-order valence-electron chi connectivity index (χ1n) is 8.30. The van der Waals surface area contributed by atoms with Gasteiger partial charge in [-0.25, -0.2) is 0 Å². The number of benzene rings is 3. The summed E-state index contributed by atoms with van der Waals surface area (Å²) >= 11 is 0. The van der Waals surface area contributed by atoms with Crippen molar-refractivity contribution < 1.29 is 0 Å². The highest BCUT2D eigenvalue weighted by Gasteiger charge is 2.32. The molecule has 23 heavy (non-hydrogen) atoms. The van der Waals surface area contributed by atoms with Gasteiger partial charge in [0.25, 0.3) is 0 Å². The smallest absolute Gasteiger partial charge is 0.0500 e. The van der Waals surface area contributed by atoms with Gasteiger partial charge in [-0.2, -0.15) is 0 Å². The third-order valence-electron chi connectivity index (χ3n) is 4.71. The van der Waals surface area contributed by atoms with Gasteiger partial charge >= 0.3 is 0 Å². The molecule has 0 radical (unpaired) electrons. The summed E-state index contributed by atoms with van der Waals surface area (Å²) in [4.78, 5) is 2.39. The third kappa shape index (κ3) is 2.24. The Morgan fingerprint density at radius 1 is 0.652 bits per heavy atom. The summed E-state index contributed by atoms with van der Waals surface area (Å²) in [5, 5.41) is 0. The van der Waals surface area contributed by atoms with Gasteiger partial charge in [-0.05, 0) is 41.3 Å². The molecule has 3 aromatic rings. The van der Waals surface area contributed by atoms with Gasteiger partial charge in [0.1, 0.15) is 0 Å². The van der Waals surface area contributed by atoms with Gasteiger partial charge in [0.15, 0.2) is 0 Å². The van der Waals surface area contributed by atoms with E-state index in [4.69, 9.17) is 0 Å². The zero-order chi connectivity index (χ0) is 15.8. The maximum atomic E-state index is 2.39. The largest absolute Gasteiger partial charge is 0.310 e. The van der Waals surface area contributed by atoms with Crippen LogP contribution in [0.25, 0.3) is 0 Å². The van der Waals surface area contributed by atoms with Crippen LogP contribution in [0.2, 0.25) is 0 Å². The molecule has 0 saturated heterocycles. The molecule has 1 heteroatoms. The standard InChI is InChI=1S/C22H21N/c1-16(2)22-18-12-6-8-14-20(18)23(17-10-4-3-5-11-17)21-15-9-7-13-19(21)22/h3-16,22H,1-2H3. The van der Waals surface area contributed by atoms with E-state index in [1.54, 1.807) is 0 Å². The summed E-state index contributed by atoms with van der Waals surface area (Å²) in [7, 11) is 0. The SMILES string of the molecule is CC(C)C1c2ccccc2N(c2ccccc2)c2ccccc21. The lowest BCUT2D eigenvalue weighted by Crippen LogP contribution is -2.23. The Labute approximate surface area is 138 Å². The second kappa shape index (κ2) is 5.58. The molecular weight excluding hydrogens is 278 g/mol. The van der Waals surface area contributed by atoms with E-state index in [1.165, 1.54) is 28.2 Å². The van der Waals surface area contributed by atoms with Crippen LogP contribution < -0.4 is 4.90 Å². The number of hydrogen-bond acceptors (Lipinski definition) is 1. The van der Waals surface area contributed by atoms with Crippen LogP contribution in [0.5, 0.6) is 0 Å². The van der Waals surface area contributed by atoms with Gasteiger partial charge in [0.2, 0.25) is 0 Å². The zero-order valence-corrected chi connectivity index (χ0v) is 13.6. The van der Waals surface area contributed by atoms with Crippen molar-refractivity contribution >= 4 is 17.1 Å². The van der Waals surface area contributed by atoms with Crippen molar-refractivity contribution in [3.8, 4) is 0 Å². The molecule has 4 rings (SSSR count). The van der Waals surface area contributed by atoms with Crippen molar-refractivity contribution in [1.82, 2.24) is 0 Å². The molecule has 0 saturated carbocycles. The van der Waals surface area contributed by atoms with E-state index in [0.29, 0.717) is 11.8 Å². The van der Waals surface area contributed by atoms with E-state index in [2.05, 4.69) is 97.6 Å². The molecule has 0 fully saturated rings. The Morgan fingerprint density at radius 2 is 1.13 bits per heavy atom. The monoisotopic (exact) mass is 299 g/mol. The van der Waals surface area contributed by atoms with E-state index in [1.807, 2.05) is 0 Å². The predicted octanol–water partition coefficient (Wildman–Crippen LogP) is 6.26. The Bertz CT molecular complexity index is 773. The first kappa shape index (κ1) is 14.1. The minimum absolute atomic E-state index is 0.447. The van der Waals surface area contributed by atoms with Gasteiger partial charge in [-0.3, -0.25) is 0 Å². The van der Waals surface area contributed by atoms with Crippen LogP contribution in [-0.2, 0) is 0 Å². The van der Waals surface area contributed by atoms with E-state index in [0.717, 1.165) is 0 Å². The van der Waals surface area contributed by atoms with Crippen molar-refractivity contribution in [2.75, 3.05) is 4.90 Å². The normalized spacial score (nSPS) is 13.8. The fraction of sp³-hybridized carbons (Fsp3) is 0.182. The summed E-state index contributed by atoms with van der Waals surface area (Å²) in [6.07, 6.45) is 0. The van der Waals surface area contributed by atoms with Crippen molar-refractivity contribution in [2.24, 2.45) is 5.92 Å². The first-order chi connectivity index (χ1) is 11.3. The highest BCUT2D eigenvalue weighted by atomic mass is 15.2. The number of nitrogens with zero attached hydrogens (tertiary/aromatic N) is 1. The highest BCUT2D eigenvalue weighted by molar-refractivity contribution is 5.84. The molecule has 0 atom stereocenters. The van der Waals surface area contributed by atoms with Crippen molar-refractivity contribution in [3.05, 3.63) is 90.0 Å². The second-order valence-corrected chi connectivity index (χ2v) is 6.51. The number of hydrogen-bond donors (Lipinski definition) is 0. The molecule has 3 aromatic carbocycles. The van der Waals surface area contributed by atoms with Crippen LogP contribution in [0.4, 0.5) is 17.1 Å². The highest BCUT2D eigenvalue weighted by Crippen LogP contribution is 2.50. The molecule has 0 N–H and O–H groups in total. The second-order valence-electron chi connectivity index (χ2n) is 6.51. The van der Waals surface area contributed by atoms with Gasteiger partial charge in [-0.1, -0.05) is 68.4 Å². The molecule has 0 bridgehead atoms. The molecule has 0 unspecified atom stereocenters. The van der Waals surface area contributed by atoms with Gasteiger partial charge < -0.3 is 4.90 Å². The predicted molar refractivity (Wildman–Crippen MR) is 97.8 cm³/mol. The Balaban J connectivity index is 2.01. The van der Waals surface area contributed by atoms with E-state index < -0.39 is 0 Å². The maximum absolute atomic E-state index is 2.39. The first-order valence-corrected chi connectivity index (χ1v) is 8.30. The van der Waals surface area contributed by atoms with Crippen LogP contribution in [0.15, 0.2) is 78.9 Å². The average molecular weight is 299 g/mol. The quantitative estimate of drug-likeness (QED) is 0.540. The fourth-order valence-corrected chi connectivity index (χ4v) is 3.78. The maximum Gasteiger partial charge on any atom is 0.0500 e. The number of para-hydroxylation sites is 3. The van der Waals surface area contributed by atoms with Gasteiger partial charge in [0, 0.05) is 23.0 Å². The molecule has 0 aromatic heterocycles. The van der Waals surface area contributed by atoms with Gasteiger partial charge in [0.05, 0.1) is 0 Å². The van der Waals surface area contributed by atoms with Crippen LogP contribution in [0.3, 0.4) is 0 Å². The van der Waals surface area contributed by atoms with Crippen LogP contribution in [0, 0.1) is 5.92 Å². The molecule has 114 valence electrons. The number of anilines is 3. The summed E-state index contributed by atoms with van der Waals surface area (Å²) in [6.45, 7) is 4.63. The topological polar surface area (TPSA) is 3.24 Å². The summed E-state index contributed by atoms with van der Waals surface area (Å²) in [5.41, 5.74) is 6.66. The average Bonchev–Trinajstić information content (AvgIpc) is 2.59. The molecule has 0 spiro atoms. The minimum atomic E-state index is 0.447. The lowest BCUT2D eigenvalue weighted by Gasteiger charge is -2.39. The Kier molecular flexibility index (Phi) is 3.42. The van der Waals surface area contributed by atoms with Crippen LogP contribution in [-0.4, -0.2) is 0 Å². The molecule has 0 amide bonds. The Hall–Kier alpha value is -2.54. The molecular formula is C22H21N. The van der Waals surface area contributed by atoms with E-state index in [9.17, 15) is 0 Å². The minimum Gasteiger partial charge on any atom is -0.310 e. The molecule has 0 aliphatic carbocycles. The van der Waals surface area contributed by atoms with Crippen molar-refractivity contribution in [2.45, 2.75) is 19.8 Å². The Morgan fingerprint density at radius 3 is 1.65 bits per heavy atom. The van der Waals surface area contributed by atoms with Gasteiger partial charge in [-0.15, -0.1) is 0 Å². The van der Waals surface area contributed by atoms with E-state index >= 15 is 0 Å². The molecule has 1 heterocycles. The molecule has 1 aliphatic heterocycles. The van der Waals surface area contributed by atoms with Crippen LogP contribution >= 0.6 is 0 Å². The lowest BCUT2D eigenvalue weighted by atomic mass is 9.78. The fourth-order valence-electron chi connectivity index (χ4n) is 3.78. The molecule has 1 aliphatic rings. The van der Waals surface area contributed by atoms with Crippen molar-refractivity contribution in [1.29, 1.82) is 0 Å². The van der Waals surface area contributed by atoms with E-state index in [-0.39, 0.29) is 0 Å².